The molecule has 4 nitrogen and oxygen atoms in total. The van der Waals surface area contributed by atoms with Gasteiger partial charge in [-0.2, -0.15) is 0 Å². The van der Waals surface area contributed by atoms with Gasteiger partial charge in [0.1, 0.15) is 5.88 Å². The van der Waals surface area contributed by atoms with Crippen LogP contribution in [0.1, 0.15) is 12.0 Å². The Morgan fingerprint density at radius 2 is 1.94 bits per heavy atom. The Labute approximate surface area is 104 Å². The molecule has 0 aliphatic carbocycles. The number of benzene rings is 1. The van der Waals surface area contributed by atoms with Crippen LogP contribution in [0.4, 0.5) is 5.69 Å². The standard InChI is InChI=1S/C12H13ClN2O2/c13-8-12(17)15-10-6-4-9(5-7-10)2-1-3-11(14)16/h1-2,4-7H,3,8H2,(H2,14,16)(H,15,17). The lowest BCUT2D eigenvalue weighted by molar-refractivity contribution is -0.117. The first-order chi connectivity index (χ1) is 8.11. The first-order valence-corrected chi connectivity index (χ1v) is 5.56. The molecule has 0 unspecified atom stereocenters. The van der Waals surface area contributed by atoms with Crippen LogP contribution in [0.15, 0.2) is 30.3 Å². The fourth-order valence-corrected chi connectivity index (χ4v) is 1.25. The molecule has 0 saturated heterocycles. The topological polar surface area (TPSA) is 72.2 Å². The molecule has 1 aromatic carbocycles. The minimum atomic E-state index is -0.368. The highest BCUT2D eigenvalue weighted by atomic mass is 35.5. The summed E-state index contributed by atoms with van der Waals surface area (Å²) in [5.74, 6) is -0.684. The summed E-state index contributed by atoms with van der Waals surface area (Å²) in [5, 5.41) is 2.62. The lowest BCUT2D eigenvalue weighted by atomic mass is 10.2. The smallest absolute Gasteiger partial charge is 0.239 e. The Hall–Kier alpha value is -1.81. The predicted octanol–water partition coefficient (Wildman–Crippen LogP) is 1.75. The number of nitrogens with one attached hydrogen (secondary N) is 1. The van der Waals surface area contributed by atoms with Crippen LogP contribution in [0.2, 0.25) is 0 Å². The Bertz CT molecular complexity index is 427. The molecule has 3 N–H and O–H groups in total. The van der Waals surface area contributed by atoms with Crippen molar-refractivity contribution in [2.75, 3.05) is 11.2 Å². The fraction of sp³-hybridized carbons (Fsp3) is 0.167. The number of rotatable bonds is 5. The van der Waals surface area contributed by atoms with E-state index in [1.807, 2.05) is 12.1 Å². The second-order valence-electron chi connectivity index (χ2n) is 3.38. The SMILES string of the molecule is NC(=O)CC=Cc1ccc(NC(=O)CCl)cc1. The summed E-state index contributed by atoms with van der Waals surface area (Å²) in [6, 6.07) is 7.16. The molecular formula is C12H13ClN2O2. The maximum absolute atomic E-state index is 11.0. The summed E-state index contributed by atoms with van der Waals surface area (Å²) in [6.07, 6.45) is 3.69. The van der Waals surface area contributed by atoms with Gasteiger partial charge in [-0.25, -0.2) is 0 Å². The van der Waals surface area contributed by atoms with Gasteiger partial charge in [0.15, 0.2) is 0 Å². The van der Waals surface area contributed by atoms with Gasteiger partial charge in [-0.3, -0.25) is 9.59 Å². The van der Waals surface area contributed by atoms with Crippen LogP contribution in [0.3, 0.4) is 0 Å². The highest BCUT2D eigenvalue weighted by molar-refractivity contribution is 6.29. The lowest BCUT2D eigenvalue weighted by Crippen LogP contribution is -2.12. The summed E-state index contributed by atoms with van der Waals surface area (Å²) < 4.78 is 0. The maximum Gasteiger partial charge on any atom is 0.239 e. The average Bonchev–Trinajstić information content (AvgIpc) is 2.31. The molecule has 0 saturated carbocycles. The number of amides is 2. The van der Waals surface area contributed by atoms with Crippen LogP contribution in [0.5, 0.6) is 0 Å². The van der Waals surface area contributed by atoms with Crippen LogP contribution in [0, 0.1) is 0 Å². The number of anilines is 1. The second-order valence-corrected chi connectivity index (χ2v) is 3.64. The number of carbonyl (C=O) groups is 2. The Morgan fingerprint density at radius 1 is 1.29 bits per heavy atom. The first-order valence-electron chi connectivity index (χ1n) is 5.02. The van der Waals surface area contributed by atoms with E-state index in [2.05, 4.69) is 5.32 Å². The normalized spacial score (nSPS) is 10.4. The van der Waals surface area contributed by atoms with Crippen molar-refractivity contribution >= 4 is 35.2 Å². The third-order valence-electron chi connectivity index (χ3n) is 1.95. The summed E-state index contributed by atoms with van der Waals surface area (Å²) in [7, 11) is 0. The van der Waals surface area contributed by atoms with Crippen molar-refractivity contribution < 1.29 is 9.59 Å². The molecule has 0 fully saturated rings. The van der Waals surface area contributed by atoms with Crippen molar-refractivity contribution in [1.82, 2.24) is 0 Å². The summed E-state index contributed by atoms with van der Waals surface area (Å²) >= 11 is 5.36. The van der Waals surface area contributed by atoms with Gasteiger partial charge in [-0.1, -0.05) is 24.3 Å². The van der Waals surface area contributed by atoms with E-state index in [1.165, 1.54) is 0 Å². The van der Waals surface area contributed by atoms with E-state index in [9.17, 15) is 9.59 Å². The van der Waals surface area contributed by atoms with E-state index in [1.54, 1.807) is 24.3 Å². The zero-order valence-corrected chi connectivity index (χ0v) is 9.91. The molecule has 0 atom stereocenters. The van der Waals surface area contributed by atoms with Gasteiger partial charge in [0.05, 0.1) is 0 Å². The molecule has 0 aromatic heterocycles. The molecule has 1 aromatic rings. The molecule has 0 bridgehead atoms. The van der Waals surface area contributed by atoms with Gasteiger partial charge < -0.3 is 11.1 Å². The van der Waals surface area contributed by atoms with E-state index in [4.69, 9.17) is 17.3 Å². The quantitative estimate of drug-likeness (QED) is 0.784. The zero-order chi connectivity index (χ0) is 12.7. The van der Waals surface area contributed by atoms with Gasteiger partial charge in [0.25, 0.3) is 0 Å². The van der Waals surface area contributed by atoms with E-state index < -0.39 is 0 Å². The Morgan fingerprint density at radius 3 is 2.47 bits per heavy atom. The van der Waals surface area contributed by atoms with Crippen molar-refractivity contribution in [2.45, 2.75) is 6.42 Å². The number of halogens is 1. The maximum atomic E-state index is 11.0. The molecule has 5 heteroatoms. The van der Waals surface area contributed by atoms with Gasteiger partial charge in [0.2, 0.25) is 11.8 Å². The number of hydrogen-bond donors (Lipinski definition) is 2. The molecule has 2 amide bonds. The molecule has 0 aliphatic rings. The number of hydrogen-bond acceptors (Lipinski definition) is 2. The van der Waals surface area contributed by atoms with Crippen LogP contribution < -0.4 is 11.1 Å². The van der Waals surface area contributed by atoms with Crippen molar-refractivity contribution in [1.29, 1.82) is 0 Å². The highest BCUT2D eigenvalue weighted by Crippen LogP contribution is 2.11. The van der Waals surface area contributed by atoms with Crippen LogP contribution in [-0.2, 0) is 9.59 Å². The van der Waals surface area contributed by atoms with Gasteiger partial charge in [0, 0.05) is 12.1 Å². The molecular weight excluding hydrogens is 240 g/mol. The second kappa shape index (κ2) is 6.70. The van der Waals surface area contributed by atoms with Crippen molar-refractivity contribution in [2.24, 2.45) is 5.73 Å². The first kappa shape index (κ1) is 13.3. The molecule has 0 spiro atoms. The highest BCUT2D eigenvalue weighted by Gasteiger charge is 1.98. The number of carbonyl (C=O) groups excluding carboxylic acids is 2. The molecule has 1 rings (SSSR count). The number of primary amides is 1. The third-order valence-corrected chi connectivity index (χ3v) is 2.19. The van der Waals surface area contributed by atoms with E-state index >= 15 is 0 Å². The van der Waals surface area contributed by atoms with Crippen molar-refractivity contribution in [3.8, 4) is 0 Å². The van der Waals surface area contributed by atoms with Gasteiger partial charge in [-0.05, 0) is 17.7 Å². The van der Waals surface area contributed by atoms with Crippen LogP contribution in [-0.4, -0.2) is 17.7 Å². The zero-order valence-electron chi connectivity index (χ0n) is 9.15. The molecule has 90 valence electrons. The average molecular weight is 253 g/mol. The monoisotopic (exact) mass is 252 g/mol. The summed E-state index contributed by atoms with van der Waals surface area (Å²) in [4.78, 5) is 21.5. The van der Waals surface area contributed by atoms with Gasteiger partial charge >= 0.3 is 0 Å². The van der Waals surface area contributed by atoms with Crippen molar-refractivity contribution in [3.63, 3.8) is 0 Å². The summed E-state index contributed by atoms with van der Waals surface area (Å²) in [5.41, 5.74) is 6.61. The van der Waals surface area contributed by atoms with E-state index in [0.29, 0.717) is 5.69 Å². The van der Waals surface area contributed by atoms with Crippen LogP contribution in [0.25, 0.3) is 6.08 Å². The number of alkyl halides is 1. The molecule has 0 aliphatic heterocycles. The van der Waals surface area contributed by atoms with Crippen LogP contribution >= 0.6 is 11.6 Å². The fourth-order valence-electron chi connectivity index (χ4n) is 1.18. The molecule has 17 heavy (non-hydrogen) atoms. The summed E-state index contributed by atoms with van der Waals surface area (Å²) in [6.45, 7) is 0. The predicted molar refractivity (Wildman–Crippen MR) is 68.6 cm³/mol. The minimum absolute atomic E-state index is 0.0692. The lowest BCUT2D eigenvalue weighted by Gasteiger charge is -2.02. The molecule has 0 radical (unpaired) electrons. The largest absolute Gasteiger partial charge is 0.369 e. The molecule has 0 heterocycles. The van der Waals surface area contributed by atoms with E-state index in [0.717, 1.165) is 5.56 Å². The Balaban J connectivity index is 2.58. The Kier molecular flexibility index (Phi) is 5.23. The number of nitrogens with two attached hydrogens (primary N) is 1. The van der Waals surface area contributed by atoms with Gasteiger partial charge in [-0.15, -0.1) is 11.6 Å². The minimum Gasteiger partial charge on any atom is -0.369 e. The van der Waals surface area contributed by atoms with Crippen molar-refractivity contribution in [3.05, 3.63) is 35.9 Å². The van der Waals surface area contributed by atoms with E-state index in [-0.39, 0.29) is 24.1 Å². The third kappa shape index (κ3) is 5.17.